The third kappa shape index (κ3) is 2.93. The minimum Gasteiger partial charge on any atom is -0.485 e. The van der Waals surface area contributed by atoms with Crippen molar-refractivity contribution in [2.45, 2.75) is 31.9 Å². The van der Waals surface area contributed by atoms with Crippen LogP contribution in [-0.4, -0.2) is 24.6 Å². The van der Waals surface area contributed by atoms with Gasteiger partial charge in [0.1, 0.15) is 6.61 Å². The SMILES string of the molecule is CC(c1ccc([C@H]2COc3ccccc3O2)cc1)N1CCCC1. The Labute approximate surface area is 137 Å². The van der Waals surface area contributed by atoms with Gasteiger partial charge in [-0.2, -0.15) is 0 Å². The van der Waals surface area contributed by atoms with Crippen molar-refractivity contribution >= 4 is 0 Å². The fourth-order valence-electron chi connectivity index (χ4n) is 3.51. The molecule has 0 aromatic heterocycles. The van der Waals surface area contributed by atoms with Crippen molar-refractivity contribution in [3.05, 3.63) is 59.7 Å². The van der Waals surface area contributed by atoms with E-state index >= 15 is 0 Å². The Morgan fingerprint density at radius 2 is 1.65 bits per heavy atom. The summed E-state index contributed by atoms with van der Waals surface area (Å²) in [7, 11) is 0. The van der Waals surface area contributed by atoms with Crippen LogP contribution in [0.2, 0.25) is 0 Å². The first-order valence-electron chi connectivity index (χ1n) is 8.53. The van der Waals surface area contributed by atoms with Crippen LogP contribution in [0, 0.1) is 0 Å². The fourth-order valence-corrected chi connectivity index (χ4v) is 3.51. The highest BCUT2D eigenvalue weighted by molar-refractivity contribution is 5.41. The van der Waals surface area contributed by atoms with Gasteiger partial charge in [-0.1, -0.05) is 36.4 Å². The molecule has 0 saturated carbocycles. The van der Waals surface area contributed by atoms with E-state index in [-0.39, 0.29) is 6.10 Å². The van der Waals surface area contributed by atoms with E-state index in [9.17, 15) is 0 Å². The lowest BCUT2D eigenvalue weighted by Crippen LogP contribution is -2.24. The lowest BCUT2D eigenvalue weighted by molar-refractivity contribution is 0.0912. The number of ether oxygens (including phenoxy) is 2. The predicted octanol–water partition coefficient (Wildman–Crippen LogP) is 4.36. The van der Waals surface area contributed by atoms with Gasteiger partial charge in [0.2, 0.25) is 0 Å². The first-order chi connectivity index (χ1) is 11.3. The quantitative estimate of drug-likeness (QED) is 0.841. The fraction of sp³-hybridized carbons (Fsp3) is 0.400. The van der Waals surface area contributed by atoms with E-state index in [0.717, 1.165) is 11.5 Å². The van der Waals surface area contributed by atoms with Crippen molar-refractivity contribution in [3.8, 4) is 11.5 Å². The van der Waals surface area contributed by atoms with Crippen LogP contribution in [0.4, 0.5) is 0 Å². The lowest BCUT2D eigenvalue weighted by atomic mass is 10.0. The highest BCUT2D eigenvalue weighted by atomic mass is 16.6. The Morgan fingerprint density at radius 3 is 2.39 bits per heavy atom. The van der Waals surface area contributed by atoms with E-state index in [0.29, 0.717) is 12.6 Å². The first kappa shape index (κ1) is 14.6. The van der Waals surface area contributed by atoms with Gasteiger partial charge >= 0.3 is 0 Å². The number of rotatable bonds is 3. The van der Waals surface area contributed by atoms with Crippen LogP contribution in [0.25, 0.3) is 0 Å². The number of benzene rings is 2. The summed E-state index contributed by atoms with van der Waals surface area (Å²) in [4.78, 5) is 2.56. The summed E-state index contributed by atoms with van der Waals surface area (Å²) in [5.74, 6) is 1.67. The summed E-state index contributed by atoms with van der Waals surface area (Å²) in [5.41, 5.74) is 2.56. The van der Waals surface area contributed by atoms with Crippen LogP contribution in [-0.2, 0) is 0 Å². The van der Waals surface area contributed by atoms with E-state index in [1.54, 1.807) is 0 Å². The van der Waals surface area contributed by atoms with E-state index in [2.05, 4.69) is 36.1 Å². The molecule has 2 aliphatic heterocycles. The Morgan fingerprint density at radius 1 is 0.957 bits per heavy atom. The normalized spacial score (nSPS) is 22.0. The molecule has 0 amide bonds. The summed E-state index contributed by atoms with van der Waals surface area (Å²) >= 11 is 0. The lowest BCUT2D eigenvalue weighted by Gasteiger charge is -2.27. The standard InChI is InChI=1S/C20H23NO2/c1-15(21-12-4-5-13-21)16-8-10-17(11-9-16)20-14-22-18-6-2-3-7-19(18)23-20/h2-3,6-11,15,20H,4-5,12-14H2,1H3/t15?,20-/m1/s1. The molecule has 0 aliphatic carbocycles. The second-order valence-corrected chi connectivity index (χ2v) is 6.45. The maximum Gasteiger partial charge on any atom is 0.162 e. The van der Waals surface area contributed by atoms with Crippen molar-refractivity contribution in [2.75, 3.05) is 19.7 Å². The van der Waals surface area contributed by atoms with Gasteiger partial charge in [-0.25, -0.2) is 0 Å². The number of likely N-dealkylation sites (tertiary alicyclic amines) is 1. The van der Waals surface area contributed by atoms with Crippen LogP contribution in [0.1, 0.15) is 43.0 Å². The molecule has 23 heavy (non-hydrogen) atoms. The highest BCUT2D eigenvalue weighted by Crippen LogP contribution is 2.36. The molecule has 4 rings (SSSR count). The van der Waals surface area contributed by atoms with Crippen molar-refractivity contribution in [1.29, 1.82) is 0 Å². The Balaban J connectivity index is 1.48. The van der Waals surface area contributed by atoms with Gasteiger partial charge in [-0.15, -0.1) is 0 Å². The third-order valence-corrected chi connectivity index (χ3v) is 4.99. The highest BCUT2D eigenvalue weighted by Gasteiger charge is 2.23. The molecule has 3 nitrogen and oxygen atoms in total. The largest absolute Gasteiger partial charge is 0.485 e. The maximum absolute atomic E-state index is 6.08. The zero-order chi connectivity index (χ0) is 15.6. The second-order valence-electron chi connectivity index (χ2n) is 6.45. The van der Waals surface area contributed by atoms with Crippen molar-refractivity contribution in [2.24, 2.45) is 0 Å². The van der Waals surface area contributed by atoms with Crippen LogP contribution in [0.3, 0.4) is 0 Å². The number of nitrogens with zero attached hydrogens (tertiary/aromatic N) is 1. The molecule has 3 heteroatoms. The molecule has 120 valence electrons. The van der Waals surface area contributed by atoms with Crippen molar-refractivity contribution < 1.29 is 9.47 Å². The molecule has 2 aromatic carbocycles. The van der Waals surface area contributed by atoms with E-state index < -0.39 is 0 Å². The van der Waals surface area contributed by atoms with E-state index in [1.165, 1.54) is 37.1 Å². The molecule has 2 atom stereocenters. The molecule has 1 unspecified atom stereocenters. The van der Waals surface area contributed by atoms with Crippen LogP contribution in [0.15, 0.2) is 48.5 Å². The molecule has 2 heterocycles. The maximum atomic E-state index is 6.08. The van der Waals surface area contributed by atoms with Gasteiger partial charge in [-0.05, 0) is 56.1 Å². The number of fused-ring (bicyclic) bond motifs is 1. The Bertz CT molecular complexity index is 662. The molecular formula is C20H23NO2. The Hall–Kier alpha value is -2.00. The average molecular weight is 309 g/mol. The van der Waals surface area contributed by atoms with Crippen molar-refractivity contribution in [3.63, 3.8) is 0 Å². The van der Waals surface area contributed by atoms with Gasteiger partial charge in [0.25, 0.3) is 0 Å². The van der Waals surface area contributed by atoms with Gasteiger partial charge in [0.05, 0.1) is 0 Å². The van der Waals surface area contributed by atoms with Gasteiger partial charge in [0, 0.05) is 6.04 Å². The number of hydrogen-bond donors (Lipinski definition) is 0. The van der Waals surface area contributed by atoms with Crippen LogP contribution in [0.5, 0.6) is 11.5 Å². The smallest absolute Gasteiger partial charge is 0.162 e. The number of hydrogen-bond acceptors (Lipinski definition) is 3. The van der Waals surface area contributed by atoms with E-state index in [1.807, 2.05) is 24.3 Å². The minimum atomic E-state index is -0.0268. The molecule has 2 aliphatic rings. The predicted molar refractivity (Wildman–Crippen MR) is 91.0 cm³/mol. The van der Waals surface area contributed by atoms with E-state index in [4.69, 9.17) is 9.47 Å². The topological polar surface area (TPSA) is 21.7 Å². The summed E-state index contributed by atoms with van der Waals surface area (Å²) < 4.78 is 11.9. The Kier molecular flexibility index (Phi) is 3.96. The molecular weight excluding hydrogens is 286 g/mol. The summed E-state index contributed by atoms with van der Waals surface area (Å²) in [5, 5.41) is 0. The summed E-state index contributed by atoms with van der Waals surface area (Å²) in [6.45, 7) is 5.31. The summed E-state index contributed by atoms with van der Waals surface area (Å²) in [6.07, 6.45) is 2.63. The monoisotopic (exact) mass is 309 g/mol. The minimum absolute atomic E-state index is 0.0268. The second kappa shape index (κ2) is 6.25. The molecule has 1 saturated heterocycles. The molecule has 0 radical (unpaired) electrons. The van der Waals surface area contributed by atoms with Gasteiger partial charge in [0.15, 0.2) is 17.6 Å². The molecule has 0 N–H and O–H groups in total. The van der Waals surface area contributed by atoms with Gasteiger partial charge < -0.3 is 9.47 Å². The van der Waals surface area contributed by atoms with Crippen LogP contribution >= 0.6 is 0 Å². The molecule has 0 spiro atoms. The van der Waals surface area contributed by atoms with Gasteiger partial charge in [-0.3, -0.25) is 4.90 Å². The molecule has 0 bridgehead atoms. The number of para-hydroxylation sites is 2. The first-order valence-corrected chi connectivity index (χ1v) is 8.53. The van der Waals surface area contributed by atoms with Crippen LogP contribution < -0.4 is 9.47 Å². The average Bonchev–Trinajstić information content (AvgIpc) is 3.15. The molecule has 1 fully saturated rings. The zero-order valence-electron chi connectivity index (χ0n) is 13.6. The zero-order valence-corrected chi connectivity index (χ0v) is 13.6. The van der Waals surface area contributed by atoms with Crippen molar-refractivity contribution in [1.82, 2.24) is 4.90 Å². The third-order valence-electron chi connectivity index (χ3n) is 4.99. The summed E-state index contributed by atoms with van der Waals surface area (Å²) in [6, 6.07) is 17.2. The molecule has 2 aromatic rings.